The van der Waals surface area contributed by atoms with E-state index in [9.17, 15) is 14.4 Å². The second-order valence-corrected chi connectivity index (χ2v) is 5.91. The van der Waals surface area contributed by atoms with Crippen molar-refractivity contribution in [3.63, 3.8) is 0 Å². The molecule has 2 aliphatic rings. The van der Waals surface area contributed by atoms with Crippen LogP contribution in [0.5, 0.6) is 0 Å². The SMILES string of the molecule is Cc1cc(CCC(=O)N2CCC3(CC2)NC(=O)NC3=O)n[nH]1. The highest BCUT2D eigenvalue weighted by molar-refractivity contribution is 6.07. The van der Waals surface area contributed by atoms with Crippen LogP contribution in [0.25, 0.3) is 0 Å². The molecule has 8 nitrogen and oxygen atoms in total. The van der Waals surface area contributed by atoms with Crippen LogP contribution in [0.4, 0.5) is 4.79 Å². The molecule has 1 spiro atoms. The van der Waals surface area contributed by atoms with Crippen molar-refractivity contribution in [1.82, 2.24) is 25.7 Å². The molecule has 3 heterocycles. The Morgan fingerprint density at radius 2 is 2.09 bits per heavy atom. The highest BCUT2D eigenvalue weighted by Crippen LogP contribution is 2.25. The summed E-state index contributed by atoms with van der Waals surface area (Å²) in [6.07, 6.45) is 1.91. The fraction of sp³-hybridized carbons (Fsp3) is 0.571. The van der Waals surface area contributed by atoms with E-state index in [-0.39, 0.29) is 11.8 Å². The van der Waals surface area contributed by atoms with Crippen molar-refractivity contribution in [1.29, 1.82) is 0 Å². The number of carbonyl (C=O) groups excluding carboxylic acids is 3. The lowest BCUT2D eigenvalue weighted by Gasteiger charge is -2.37. The van der Waals surface area contributed by atoms with Gasteiger partial charge in [-0.15, -0.1) is 0 Å². The van der Waals surface area contributed by atoms with Gasteiger partial charge >= 0.3 is 6.03 Å². The van der Waals surface area contributed by atoms with Crippen molar-refractivity contribution < 1.29 is 14.4 Å². The van der Waals surface area contributed by atoms with Crippen LogP contribution in [0.3, 0.4) is 0 Å². The molecule has 4 amide bonds. The van der Waals surface area contributed by atoms with Crippen LogP contribution in [0.2, 0.25) is 0 Å². The van der Waals surface area contributed by atoms with Gasteiger partial charge in [0.05, 0.1) is 5.69 Å². The van der Waals surface area contributed by atoms with Crippen LogP contribution in [0, 0.1) is 6.92 Å². The maximum absolute atomic E-state index is 12.2. The first-order valence-corrected chi connectivity index (χ1v) is 7.41. The summed E-state index contributed by atoms with van der Waals surface area (Å²) in [6, 6.07) is 1.48. The lowest BCUT2D eigenvalue weighted by atomic mass is 9.87. The van der Waals surface area contributed by atoms with Crippen LogP contribution >= 0.6 is 0 Å². The summed E-state index contributed by atoms with van der Waals surface area (Å²) in [5, 5.41) is 11.9. The van der Waals surface area contributed by atoms with E-state index in [2.05, 4.69) is 20.8 Å². The van der Waals surface area contributed by atoms with Crippen molar-refractivity contribution in [3.8, 4) is 0 Å². The monoisotopic (exact) mass is 305 g/mol. The molecule has 0 bridgehead atoms. The first-order valence-electron chi connectivity index (χ1n) is 7.41. The number of urea groups is 1. The Morgan fingerprint density at radius 1 is 1.36 bits per heavy atom. The first-order chi connectivity index (χ1) is 10.5. The maximum Gasteiger partial charge on any atom is 0.322 e. The predicted molar refractivity (Wildman–Crippen MR) is 76.9 cm³/mol. The van der Waals surface area contributed by atoms with Crippen molar-refractivity contribution in [2.24, 2.45) is 0 Å². The highest BCUT2D eigenvalue weighted by atomic mass is 16.2. The lowest BCUT2D eigenvalue weighted by Crippen LogP contribution is -2.55. The zero-order valence-electron chi connectivity index (χ0n) is 12.4. The van der Waals surface area contributed by atoms with E-state index in [1.54, 1.807) is 4.90 Å². The molecule has 118 valence electrons. The van der Waals surface area contributed by atoms with Crippen LogP contribution in [-0.2, 0) is 16.0 Å². The number of H-pyrrole nitrogens is 1. The van der Waals surface area contributed by atoms with Crippen molar-refractivity contribution in [2.75, 3.05) is 13.1 Å². The summed E-state index contributed by atoms with van der Waals surface area (Å²) in [5.41, 5.74) is 1.03. The summed E-state index contributed by atoms with van der Waals surface area (Å²) in [7, 11) is 0. The van der Waals surface area contributed by atoms with Gasteiger partial charge in [-0.3, -0.25) is 20.0 Å². The number of imide groups is 1. The second kappa shape index (κ2) is 5.43. The minimum Gasteiger partial charge on any atom is -0.342 e. The second-order valence-electron chi connectivity index (χ2n) is 5.91. The zero-order chi connectivity index (χ0) is 15.7. The molecule has 0 atom stereocenters. The molecule has 8 heteroatoms. The van der Waals surface area contributed by atoms with E-state index in [0.717, 1.165) is 11.4 Å². The molecule has 0 aromatic carbocycles. The van der Waals surface area contributed by atoms with E-state index < -0.39 is 11.6 Å². The smallest absolute Gasteiger partial charge is 0.322 e. The van der Waals surface area contributed by atoms with E-state index in [1.807, 2.05) is 13.0 Å². The van der Waals surface area contributed by atoms with Crippen LogP contribution in [0.1, 0.15) is 30.7 Å². The summed E-state index contributed by atoms with van der Waals surface area (Å²) >= 11 is 0. The number of hydrogen-bond donors (Lipinski definition) is 3. The maximum atomic E-state index is 12.2. The Bertz CT molecular complexity index is 616. The minimum atomic E-state index is -0.826. The topological polar surface area (TPSA) is 107 Å². The Labute approximate surface area is 127 Å². The third-order valence-electron chi connectivity index (χ3n) is 4.34. The van der Waals surface area contributed by atoms with Crippen molar-refractivity contribution >= 4 is 17.8 Å². The van der Waals surface area contributed by atoms with Gasteiger partial charge in [0.1, 0.15) is 5.54 Å². The van der Waals surface area contributed by atoms with E-state index in [0.29, 0.717) is 38.8 Å². The number of likely N-dealkylation sites (tertiary alicyclic amines) is 1. The summed E-state index contributed by atoms with van der Waals surface area (Å²) < 4.78 is 0. The Balaban J connectivity index is 1.52. The van der Waals surface area contributed by atoms with Gasteiger partial charge in [0.25, 0.3) is 5.91 Å². The molecule has 2 aliphatic heterocycles. The Kier molecular flexibility index (Phi) is 3.59. The third-order valence-corrected chi connectivity index (χ3v) is 4.34. The summed E-state index contributed by atoms with van der Waals surface area (Å²) in [6.45, 7) is 2.88. The average Bonchev–Trinajstić information content (AvgIpc) is 3.01. The molecule has 2 saturated heterocycles. The predicted octanol–water partition coefficient (Wildman–Crippen LogP) is -0.149. The van der Waals surface area contributed by atoms with Crippen molar-refractivity contribution in [2.45, 2.75) is 38.1 Å². The van der Waals surface area contributed by atoms with Crippen LogP contribution in [-0.4, -0.2) is 51.6 Å². The lowest BCUT2D eigenvalue weighted by molar-refractivity contribution is -0.135. The van der Waals surface area contributed by atoms with Gasteiger partial charge in [-0.1, -0.05) is 0 Å². The number of carbonyl (C=O) groups is 3. The van der Waals surface area contributed by atoms with E-state index in [1.165, 1.54) is 0 Å². The molecular weight excluding hydrogens is 286 g/mol. The number of aromatic nitrogens is 2. The van der Waals surface area contributed by atoms with Gasteiger partial charge in [-0.2, -0.15) is 5.10 Å². The number of aryl methyl sites for hydroxylation is 2. The number of nitrogens with one attached hydrogen (secondary N) is 3. The number of piperidine rings is 1. The molecule has 3 N–H and O–H groups in total. The Morgan fingerprint density at radius 3 is 2.64 bits per heavy atom. The average molecular weight is 305 g/mol. The van der Waals surface area contributed by atoms with Gasteiger partial charge in [0, 0.05) is 31.6 Å². The number of nitrogens with zero attached hydrogens (tertiary/aromatic N) is 2. The van der Waals surface area contributed by atoms with Crippen LogP contribution < -0.4 is 10.6 Å². The quantitative estimate of drug-likeness (QED) is 0.675. The third kappa shape index (κ3) is 2.68. The van der Waals surface area contributed by atoms with E-state index in [4.69, 9.17) is 0 Å². The molecule has 2 fully saturated rings. The minimum absolute atomic E-state index is 0.0558. The molecule has 0 aliphatic carbocycles. The molecule has 3 rings (SSSR count). The number of aromatic amines is 1. The fourth-order valence-electron chi connectivity index (χ4n) is 3.01. The fourth-order valence-corrected chi connectivity index (χ4v) is 3.01. The number of hydrogen-bond acceptors (Lipinski definition) is 4. The number of rotatable bonds is 3. The largest absolute Gasteiger partial charge is 0.342 e. The van der Waals surface area contributed by atoms with Crippen LogP contribution in [0.15, 0.2) is 6.07 Å². The number of amides is 4. The normalized spacial score (nSPS) is 20.1. The van der Waals surface area contributed by atoms with Crippen molar-refractivity contribution in [3.05, 3.63) is 17.5 Å². The molecule has 22 heavy (non-hydrogen) atoms. The Hall–Kier alpha value is -2.38. The van der Waals surface area contributed by atoms with Gasteiger partial charge in [0.2, 0.25) is 5.91 Å². The molecule has 1 aromatic heterocycles. The van der Waals surface area contributed by atoms with Gasteiger partial charge in [0.15, 0.2) is 0 Å². The molecule has 0 radical (unpaired) electrons. The standard InChI is InChI=1S/C14H19N5O3/c1-9-8-10(18-17-9)2-3-11(20)19-6-4-14(5-7-19)12(21)15-13(22)16-14/h8H,2-7H2,1H3,(H,17,18)(H2,15,16,21,22). The van der Waals surface area contributed by atoms with Gasteiger partial charge in [-0.25, -0.2) is 4.79 Å². The molecule has 1 aromatic rings. The molecule has 0 saturated carbocycles. The highest BCUT2D eigenvalue weighted by Gasteiger charge is 2.48. The zero-order valence-corrected chi connectivity index (χ0v) is 12.4. The molecular formula is C14H19N5O3. The van der Waals surface area contributed by atoms with E-state index >= 15 is 0 Å². The van der Waals surface area contributed by atoms with Gasteiger partial charge in [-0.05, 0) is 25.8 Å². The first kappa shape index (κ1) is 14.6. The summed E-state index contributed by atoms with van der Waals surface area (Å²) in [4.78, 5) is 37.1. The molecule has 0 unspecified atom stereocenters. The summed E-state index contributed by atoms with van der Waals surface area (Å²) in [5.74, 6) is -0.225. The van der Waals surface area contributed by atoms with Gasteiger partial charge < -0.3 is 10.2 Å².